The molecule has 0 N–H and O–H groups in total. The Hall–Kier alpha value is -1.36. The molecule has 1 rings (SSSR count). The number of sulfone groups is 1. The summed E-state index contributed by atoms with van der Waals surface area (Å²) >= 11 is 0. The molecule has 0 aliphatic heterocycles. The molecule has 1 aromatic rings. The topological polar surface area (TPSA) is 60.4 Å². The van der Waals surface area contributed by atoms with E-state index in [0.717, 1.165) is 6.42 Å². The van der Waals surface area contributed by atoms with Crippen molar-refractivity contribution in [2.24, 2.45) is 0 Å². The van der Waals surface area contributed by atoms with Crippen LogP contribution in [0.25, 0.3) is 0 Å². The lowest BCUT2D eigenvalue weighted by Gasteiger charge is -2.07. The summed E-state index contributed by atoms with van der Waals surface area (Å²) in [6, 6.07) is 4.30. The highest BCUT2D eigenvalue weighted by molar-refractivity contribution is 7.91. The van der Waals surface area contributed by atoms with Crippen LogP contribution in [-0.4, -0.2) is 27.6 Å². The van der Waals surface area contributed by atoms with E-state index >= 15 is 0 Å². The van der Waals surface area contributed by atoms with Gasteiger partial charge in [-0.2, -0.15) is 0 Å². The summed E-state index contributed by atoms with van der Waals surface area (Å²) in [6.07, 6.45) is 2.09. The van der Waals surface area contributed by atoms with E-state index in [1.165, 1.54) is 25.3 Å². The number of carbonyl (C=O) groups is 1. The van der Waals surface area contributed by atoms with Gasteiger partial charge in [0.15, 0.2) is 16.1 Å². The predicted molar refractivity (Wildman–Crippen MR) is 65.3 cm³/mol. The lowest BCUT2D eigenvalue weighted by molar-refractivity contribution is 0.112. The van der Waals surface area contributed by atoms with Gasteiger partial charge in [-0.15, -0.1) is 0 Å². The number of aldehydes is 1. The molecule has 0 heterocycles. The normalized spacial score (nSPS) is 11.2. The quantitative estimate of drug-likeness (QED) is 0.731. The van der Waals surface area contributed by atoms with Gasteiger partial charge >= 0.3 is 0 Å². The van der Waals surface area contributed by atoms with Crippen LogP contribution in [0.1, 0.15) is 30.1 Å². The highest BCUT2D eigenvalue weighted by Gasteiger charge is 2.15. The van der Waals surface area contributed by atoms with E-state index in [-0.39, 0.29) is 16.4 Å². The molecule has 0 spiro atoms. The third-order valence-corrected chi connectivity index (χ3v) is 4.26. The first-order valence-corrected chi connectivity index (χ1v) is 7.06. The van der Waals surface area contributed by atoms with Crippen LogP contribution in [0.5, 0.6) is 5.75 Å². The minimum Gasteiger partial charge on any atom is -0.496 e. The smallest absolute Gasteiger partial charge is 0.178 e. The lowest BCUT2D eigenvalue weighted by Crippen LogP contribution is -2.07. The summed E-state index contributed by atoms with van der Waals surface area (Å²) in [4.78, 5) is 10.9. The molecule has 94 valence electrons. The number of benzene rings is 1. The molecule has 0 aliphatic carbocycles. The lowest BCUT2D eigenvalue weighted by atomic mass is 10.2. The average molecular weight is 256 g/mol. The number of unbranched alkanes of at least 4 members (excludes halogenated alkanes) is 1. The summed E-state index contributed by atoms with van der Waals surface area (Å²) in [6.45, 7) is 1.94. The zero-order valence-corrected chi connectivity index (χ0v) is 10.8. The SMILES string of the molecule is CCCCS(=O)(=O)c1ccc(C=O)c(OC)c1. The highest BCUT2D eigenvalue weighted by Crippen LogP contribution is 2.22. The zero-order chi connectivity index (χ0) is 12.9. The Morgan fingerprint density at radius 2 is 2.06 bits per heavy atom. The van der Waals surface area contributed by atoms with E-state index in [1.807, 2.05) is 6.92 Å². The van der Waals surface area contributed by atoms with Crippen molar-refractivity contribution in [1.82, 2.24) is 0 Å². The average Bonchev–Trinajstić information content (AvgIpc) is 2.35. The van der Waals surface area contributed by atoms with Crippen LogP contribution in [0.4, 0.5) is 0 Å². The van der Waals surface area contributed by atoms with Crippen molar-refractivity contribution in [2.45, 2.75) is 24.7 Å². The van der Waals surface area contributed by atoms with Crippen LogP contribution in [0, 0.1) is 0 Å². The molecule has 0 unspecified atom stereocenters. The molecule has 17 heavy (non-hydrogen) atoms. The molecule has 0 radical (unpaired) electrons. The second-order valence-electron chi connectivity index (χ2n) is 3.69. The van der Waals surface area contributed by atoms with Gasteiger partial charge in [0.1, 0.15) is 5.75 Å². The van der Waals surface area contributed by atoms with Crippen molar-refractivity contribution >= 4 is 16.1 Å². The van der Waals surface area contributed by atoms with Crippen LogP contribution >= 0.6 is 0 Å². The number of ether oxygens (including phenoxy) is 1. The zero-order valence-electron chi connectivity index (χ0n) is 9.97. The minimum atomic E-state index is -3.28. The largest absolute Gasteiger partial charge is 0.496 e. The Morgan fingerprint density at radius 3 is 2.59 bits per heavy atom. The molecular weight excluding hydrogens is 240 g/mol. The number of methoxy groups -OCH3 is 1. The van der Waals surface area contributed by atoms with E-state index in [9.17, 15) is 13.2 Å². The van der Waals surface area contributed by atoms with Crippen molar-refractivity contribution in [3.8, 4) is 5.75 Å². The van der Waals surface area contributed by atoms with Gasteiger partial charge in [-0.1, -0.05) is 13.3 Å². The first kappa shape index (κ1) is 13.7. The second-order valence-corrected chi connectivity index (χ2v) is 5.80. The van der Waals surface area contributed by atoms with Gasteiger partial charge in [0.2, 0.25) is 0 Å². The molecule has 0 fully saturated rings. The van der Waals surface area contributed by atoms with Gasteiger partial charge in [-0.25, -0.2) is 8.42 Å². The number of hydrogen-bond acceptors (Lipinski definition) is 4. The van der Waals surface area contributed by atoms with Gasteiger partial charge in [-0.3, -0.25) is 4.79 Å². The van der Waals surface area contributed by atoms with E-state index < -0.39 is 9.84 Å². The molecule has 0 amide bonds. The molecule has 0 aromatic heterocycles. The summed E-state index contributed by atoms with van der Waals surface area (Å²) in [5, 5.41) is 0. The van der Waals surface area contributed by atoms with Crippen molar-refractivity contribution in [1.29, 1.82) is 0 Å². The molecule has 0 atom stereocenters. The van der Waals surface area contributed by atoms with Gasteiger partial charge in [0.25, 0.3) is 0 Å². The van der Waals surface area contributed by atoms with Crippen molar-refractivity contribution < 1.29 is 17.9 Å². The Kier molecular flexibility index (Phi) is 4.69. The van der Waals surface area contributed by atoms with Crippen LogP contribution < -0.4 is 4.74 Å². The standard InChI is InChI=1S/C12H16O4S/c1-3-4-7-17(14,15)11-6-5-10(9-13)12(8-11)16-2/h5-6,8-9H,3-4,7H2,1-2H3. The fourth-order valence-electron chi connectivity index (χ4n) is 1.43. The number of hydrogen-bond donors (Lipinski definition) is 0. The van der Waals surface area contributed by atoms with Crippen LogP contribution in [0.3, 0.4) is 0 Å². The first-order chi connectivity index (χ1) is 8.05. The van der Waals surface area contributed by atoms with Crippen LogP contribution in [0.15, 0.2) is 23.1 Å². The monoisotopic (exact) mass is 256 g/mol. The third-order valence-electron chi connectivity index (χ3n) is 2.46. The van der Waals surface area contributed by atoms with Gasteiger partial charge in [-0.05, 0) is 24.6 Å². The van der Waals surface area contributed by atoms with E-state index in [4.69, 9.17) is 4.74 Å². The van der Waals surface area contributed by atoms with Gasteiger partial charge in [0.05, 0.1) is 23.3 Å². The second kappa shape index (κ2) is 5.82. The molecule has 4 nitrogen and oxygen atoms in total. The van der Waals surface area contributed by atoms with Crippen LogP contribution in [0.2, 0.25) is 0 Å². The van der Waals surface area contributed by atoms with E-state index in [0.29, 0.717) is 18.3 Å². The van der Waals surface area contributed by atoms with E-state index in [2.05, 4.69) is 0 Å². The molecule has 0 aliphatic rings. The molecule has 0 saturated carbocycles. The molecule has 0 bridgehead atoms. The highest BCUT2D eigenvalue weighted by atomic mass is 32.2. The van der Waals surface area contributed by atoms with Crippen molar-refractivity contribution in [3.63, 3.8) is 0 Å². The summed E-state index contributed by atoms with van der Waals surface area (Å²) in [7, 11) is -1.87. The van der Waals surface area contributed by atoms with Crippen LogP contribution in [-0.2, 0) is 9.84 Å². The minimum absolute atomic E-state index is 0.118. The maximum atomic E-state index is 11.9. The van der Waals surface area contributed by atoms with Crippen molar-refractivity contribution in [2.75, 3.05) is 12.9 Å². The fourth-order valence-corrected chi connectivity index (χ4v) is 2.90. The Morgan fingerprint density at radius 1 is 1.35 bits per heavy atom. The maximum Gasteiger partial charge on any atom is 0.178 e. The third kappa shape index (κ3) is 3.30. The first-order valence-electron chi connectivity index (χ1n) is 5.41. The molecule has 5 heteroatoms. The Bertz CT molecular complexity index is 491. The molecule has 1 aromatic carbocycles. The van der Waals surface area contributed by atoms with E-state index in [1.54, 1.807) is 0 Å². The predicted octanol–water partition coefficient (Wildman–Crippen LogP) is 2.08. The van der Waals surface area contributed by atoms with Gasteiger partial charge < -0.3 is 4.74 Å². The number of rotatable bonds is 6. The summed E-state index contributed by atoms with van der Waals surface area (Å²) < 4.78 is 28.8. The Labute approximate surface area is 102 Å². The Balaban J connectivity index is 3.11. The fraction of sp³-hybridized carbons (Fsp3) is 0.417. The molecule has 0 saturated heterocycles. The van der Waals surface area contributed by atoms with Gasteiger partial charge in [0, 0.05) is 0 Å². The summed E-state index contributed by atoms with van der Waals surface area (Å²) in [5.74, 6) is 0.408. The molecular formula is C12H16O4S. The summed E-state index contributed by atoms with van der Waals surface area (Å²) in [5.41, 5.74) is 0.349. The van der Waals surface area contributed by atoms with Crippen molar-refractivity contribution in [3.05, 3.63) is 23.8 Å². The maximum absolute atomic E-state index is 11.9. The number of carbonyl (C=O) groups excluding carboxylic acids is 1.